The summed E-state index contributed by atoms with van der Waals surface area (Å²) in [7, 11) is 1.50. The lowest BCUT2D eigenvalue weighted by atomic mass is 10.0. The first kappa shape index (κ1) is 19.2. The maximum Gasteiger partial charge on any atom is 0.251 e. The van der Waals surface area contributed by atoms with Crippen molar-refractivity contribution in [3.8, 4) is 0 Å². The largest absolute Gasteiger partial charge is 0.357 e. The van der Waals surface area contributed by atoms with Crippen LogP contribution >= 0.6 is 0 Å². The highest BCUT2D eigenvalue weighted by molar-refractivity contribution is 5.98. The second-order valence-electron chi connectivity index (χ2n) is 5.93. The molecule has 2 rings (SSSR count). The molecule has 6 heteroatoms. The number of carbonyl (C=O) groups is 3. The molecule has 2 atom stereocenters. The van der Waals surface area contributed by atoms with Crippen molar-refractivity contribution in [2.24, 2.45) is 0 Å². The van der Waals surface area contributed by atoms with Crippen molar-refractivity contribution in [1.29, 1.82) is 0 Å². The third-order valence-corrected chi connectivity index (χ3v) is 3.94. The molecule has 0 heterocycles. The Kier molecular flexibility index (Phi) is 6.91. The SMILES string of the molecule is CNC(=O)[C@@H](C)NC(=O)[C@@H](Cc1ccccc1)NC(=O)c1ccccc1. The molecular formula is C20H23N3O3. The number of carbonyl (C=O) groups excluding carboxylic acids is 3. The van der Waals surface area contributed by atoms with E-state index in [0.29, 0.717) is 12.0 Å². The fraction of sp³-hybridized carbons (Fsp3) is 0.250. The molecule has 3 N–H and O–H groups in total. The second-order valence-corrected chi connectivity index (χ2v) is 5.93. The number of hydrogen-bond acceptors (Lipinski definition) is 3. The van der Waals surface area contributed by atoms with Crippen molar-refractivity contribution >= 4 is 17.7 Å². The molecule has 0 spiro atoms. The number of amides is 3. The molecule has 0 saturated heterocycles. The minimum Gasteiger partial charge on any atom is -0.357 e. The molecule has 0 unspecified atom stereocenters. The summed E-state index contributed by atoms with van der Waals surface area (Å²) in [5, 5.41) is 7.89. The van der Waals surface area contributed by atoms with Crippen LogP contribution in [0.25, 0.3) is 0 Å². The summed E-state index contributed by atoms with van der Waals surface area (Å²) in [6.45, 7) is 1.59. The standard InChI is InChI=1S/C20H23N3O3/c1-14(18(24)21-2)22-20(26)17(13-15-9-5-3-6-10-15)23-19(25)16-11-7-4-8-12-16/h3-12,14,17H,13H2,1-2H3,(H,21,24)(H,22,26)(H,23,25)/t14-,17-/m1/s1. The van der Waals surface area contributed by atoms with E-state index in [-0.39, 0.29) is 11.8 Å². The Hall–Kier alpha value is -3.15. The highest BCUT2D eigenvalue weighted by atomic mass is 16.2. The quantitative estimate of drug-likeness (QED) is 0.701. The van der Waals surface area contributed by atoms with Crippen molar-refractivity contribution in [2.75, 3.05) is 7.05 Å². The van der Waals surface area contributed by atoms with Crippen LogP contribution in [-0.2, 0) is 16.0 Å². The van der Waals surface area contributed by atoms with E-state index in [0.717, 1.165) is 5.56 Å². The molecule has 2 aromatic rings. The minimum absolute atomic E-state index is 0.300. The molecule has 0 bridgehead atoms. The fourth-order valence-corrected chi connectivity index (χ4v) is 2.49. The summed E-state index contributed by atoms with van der Waals surface area (Å²) in [6, 6.07) is 16.6. The van der Waals surface area contributed by atoms with E-state index in [1.54, 1.807) is 31.2 Å². The molecule has 26 heavy (non-hydrogen) atoms. The van der Waals surface area contributed by atoms with Crippen LogP contribution in [0.5, 0.6) is 0 Å². The van der Waals surface area contributed by atoms with Gasteiger partial charge in [-0.05, 0) is 24.6 Å². The molecule has 0 saturated carbocycles. The van der Waals surface area contributed by atoms with Gasteiger partial charge in [-0.2, -0.15) is 0 Å². The molecule has 0 aromatic heterocycles. The van der Waals surface area contributed by atoms with E-state index in [2.05, 4.69) is 16.0 Å². The number of rotatable bonds is 7. The highest BCUT2D eigenvalue weighted by Crippen LogP contribution is 2.06. The van der Waals surface area contributed by atoms with Gasteiger partial charge in [0.15, 0.2) is 0 Å². The lowest BCUT2D eigenvalue weighted by molar-refractivity contribution is -0.129. The van der Waals surface area contributed by atoms with Crippen molar-refractivity contribution in [1.82, 2.24) is 16.0 Å². The van der Waals surface area contributed by atoms with E-state index in [9.17, 15) is 14.4 Å². The van der Waals surface area contributed by atoms with Crippen molar-refractivity contribution in [2.45, 2.75) is 25.4 Å². The molecular weight excluding hydrogens is 330 g/mol. The lowest BCUT2D eigenvalue weighted by Gasteiger charge is -2.21. The topological polar surface area (TPSA) is 87.3 Å². The monoisotopic (exact) mass is 353 g/mol. The lowest BCUT2D eigenvalue weighted by Crippen LogP contribution is -2.53. The maximum atomic E-state index is 12.6. The van der Waals surface area contributed by atoms with Crippen LogP contribution < -0.4 is 16.0 Å². The van der Waals surface area contributed by atoms with Crippen LogP contribution in [0.4, 0.5) is 0 Å². The molecule has 0 aliphatic rings. The third kappa shape index (κ3) is 5.44. The summed E-state index contributed by atoms with van der Waals surface area (Å²) < 4.78 is 0. The van der Waals surface area contributed by atoms with E-state index >= 15 is 0 Å². The van der Waals surface area contributed by atoms with E-state index in [1.165, 1.54) is 7.05 Å². The van der Waals surface area contributed by atoms with Gasteiger partial charge in [0, 0.05) is 19.0 Å². The average Bonchev–Trinajstić information content (AvgIpc) is 2.68. The van der Waals surface area contributed by atoms with Crippen molar-refractivity contribution < 1.29 is 14.4 Å². The van der Waals surface area contributed by atoms with Gasteiger partial charge in [-0.25, -0.2) is 0 Å². The normalized spacial score (nSPS) is 12.5. The zero-order chi connectivity index (χ0) is 18.9. The smallest absolute Gasteiger partial charge is 0.251 e. The number of likely N-dealkylation sites (N-methyl/N-ethyl adjacent to an activating group) is 1. The summed E-state index contributed by atoms with van der Waals surface area (Å²) in [4.78, 5) is 36.8. The van der Waals surface area contributed by atoms with Gasteiger partial charge in [0.2, 0.25) is 11.8 Å². The van der Waals surface area contributed by atoms with Gasteiger partial charge in [-0.1, -0.05) is 48.5 Å². The average molecular weight is 353 g/mol. The Morgan fingerprint density at radius 2 is 1.42 bits per heavy atom. The summed E-state index contributed by atoms with van der Waals surface area (Å²) in [6.07, 6.45) is 0.325. The second kappa shape index (κ2) is 9.36. The van der Waals surface area contributed by atoms with E-state index < -0.39 is 18.0 Å². The molecule has 3 amide bonds. The maximum absolute atomic E-state index is 12.6. The Labute approximate surface area is 153 Å². The first-order valence-corrected chi connectivity index (χ1v) is 8.43. The summed E-state index contributed by atoms with van der Waals surface area (Å²) in [5.41, 5.74) is 1.38. The van der Waals surface area contributed by atoms with Crippen LogP contribution in [0.2, 0.25) is 0 Å². The fourth-order valence-electron chi connectivity index (χ4n) is 2.49. The van der Waals surface area contributed by atoms with Gasteiger partial charge in [0.25, 0.3) is 5.91 Å². The van der Waals surface area contributed by atoms with Crippen LogP contribution in [0.15, 0.2) is 60.7 Å². The Morgan fingerprint density at radius 1 is 0.846 bits per heavy atom. The predicted octanol–water partition coefficient (Wildman–Crippen LogP) is 1.28. The molecule has 6 nitrogen and oxygen atoms in total. The molecule has 136 valence electrons. The molecule has 0 fully saturated rings. The van der Waals surface area contributed by atoms with E-state index in [4.69, 9.17) is 0 Å². The van der Waals surface area contributed by atoms with Gasteiger partial charge in [0.1, 0.15) is 12.1 Å². The van der Waals surface area contributed by atoms with Gasteiger partial charge in [0.05, 0.1) is 0 Å². The highest BCUT2D eigenvalue weighted by Gasteiger charge is 2.24. The van der Waals surface area contributed by atoms with Crippen LogP contribution in [0.3, 0.4) is 0 Å². The number of nitrogens with one attached hydrogen (secondary N) is 3. The molecule has 0 radical (unpaired) electrons. The zero-order valence-electron chi connectivity index (χ0n) is 14.9. The van der Waals surface area contributed by atoms with Crippen LogP contribution in [0, 0.1) is 0 Å². The minimum atomic E-state index is -0.794. The van der Waals surface area contributed by atoms with Gasteiger partial charge in [-0.15, -0.1) is 0 Å². The molecule has 0 aliphatic carbocycles. The molecule has 0 aliphatic heterocycles. The summed E-state index contributed by atoms with van der Waals surface area (Å²) in [5.74, 6) is -1.05. The first-order chi connectivity index (χ1) is 12.5. The number of benzene rings is 2. The summed E-state index contributed by atoms with van der Waals surface area (Å²) >= 11 is 0. The van der Waals surface area contributed by atoms with Gasteiger partial charge < -0.3 is 16.0 Å². The Balaban J connectivity index is 2.14. The third-order valence-electron chi connectivity index (χ3n) is 3.94. The van der Waals surface area contributed by atoms with Crippen molar-refractivity contribution in [3.05, 3.63) is 71.8 Å². The van der Waals surface area contributed by atoms with Crippen LogP contribution in [-0.4, -0.2) is 36.9 Å². The van der Waals surface area contributed by atoms with Crippen LogP contribution in [0.1, 0.15) is 22.8 Å². The van der Waals surface area contributed by atoms with E-state index in [1.807, 2.05) is 36.4 Å². The Morgan fingerprint density at radius 3 is 2.00 bits per heavy atom. The van der Waals surface area contributed by atoms with Gasteiger partial charge >= 0.3 is 0 Å². The molecule has 2 aromatic carbocycles. The number of hydrogen-bond donors (Lipinski definition) is 3. The zero-order valence-corrected chi connectivity index (χ0v) is 14.9. The van der Waals surface area contributed by atoms with Crippen molar-refractivity contribution in [3.63, 3.8) is 0 Å². The predicted molar refractivity (Wildman–Crippen MR) is 99.5 cm³/mol. The first-order valence-electron chi connectivity index (χ1n) is 8.43. The Bertz CT molecular complexity index is 747. The van der Waals surface area contributed by atoms with Gasteiger partial charge in [-0.3, -0.25) is 14.4 Å².